The number of anilines is 1. The van der Waals surface area contributed by atoms with Gasteiger partial charge in [0.05, 0.1) is 33.0 Å². The number of ether oxygens (including phenoxy) is 3. The van der Waals surface area contributed by atoms with Crippen LogP contribution in [0, 0.1) is 0 Å². The molecule has 2 aromatic rings. The molecule has 0 atom stereocenters. The molecule has 0 radical (unpaired) electrons. The minimum absolute atomic E-state index is 0.0193. The third-order valence-electron chi connectivity index (χ3n) is 5.03. The summed E-state index contributed by atoms with van der Waals surface area (Å²) in [6.07, 6.45) is 1.45. The first-order valence-electron chi connectivity index (χ1n) is 10.0. The molecule has 33 heavy (non-hydrogen) atoms. The van der Waals surface area contributed by atoms with Crippen LogP contribution in [0.1, 0.15) is 12.5 Å². The van der Waals surface area contributed by atoms with Gasteiger partial charge in [-0.2, -0.15) is 0 Å². The topological polar surface area (TPSA) is 94.2 Å². The molecule has 1 amide bonds. The first-order valence-corrected chi connectivity index (χ1v) is 11.8. The summed E-state index contributed by atoms with van der Waals surface area (Å²) >= 11 is 5.85. The van der Waals surface area contributed by atoms with Crippen LogP contribution >= 0.6 is 11.6 Å². The smallest absolute Gasteiger partial charge is 0.270 e. The lowest BCUT2D eigenvalue weighted by atomic mass is 10.0. The Kier molecular flexibility index (Phi) is 7.55. The van der Waals surface area contributed by atoms with Gasteiger partial charge < -0.3 is 19.5 Å². The van der Waals surface area contributed by atoms with Crippen molar-refractivity contribution in [2.75, 3.05) is 38.2 Å². The molecule has 3 rings (SSSR count). The number of nitrogens with one attached hydrogen (secondary N) is 1. The minimum atomic E-state index is -4.15. The lowest BCUT2D eigenvalue weighted by molar-refractivity contribution is -0.116. The molecule has 0 saturated heterocycles. The number of sulfonamides is 1. The zero-order valence-corrected chi connectivity index (χ0v) is 20.1. The van der Waals surface area contributed by atoms with Crippen molar-refractivity contribution >= 4 is 38.8 Å². The van der Waals surface area contributed by atoms with Gasteiger partial charge in [-0.3, -0.25) is 9.10 Å². The number of amides is 1. The maximum Gasteiger partial charge on any atom is 0.270 e. The largest absolute Gasteiger partial charge is 0.493 e. The van der Waals surface area contributed by atoms with Crippen LogP contribution in [-0.4, -0.2) is 48.2 Å². The van der Waals surface area contributed by atoms with E-state index in [4.69, 9.17) is 25.8 Å². The number of hydrogen-bond acceptors (Lipinski definition) is 6. The third-order valence-corrected chi connectivity index (χ3v) is 7.22. The standard InChI is InChI=1S/C23H25ClN2O6S/c1-5-11-26-19-14-21(31-4)20(30-3)13-18(19)15(2)22(33(26,28)29)23(27)25-10-12-32-17-8-6-16(24)7-9-17/h5-9,13-14H,1,10-12H2,2-4H3,(H,25,27). The Morgan fingerprint density at radius 1 is 1.15 bits per heavy atom. The van der Waals surface area contributed by atoms with Gasteiger partial charge in [0.1, 0.15) is 12.4 Å². The van der Waals surface area contributed by atoms with Gasteiger partial charge in [0, 0.05) is 16.7 Å². The number of carbonyl (C=O) groups excluding carboxylic acids is 1. The molecule has 8 nitrogen and oxygen atoms in total. The molecule has 1 heterocycles. The van der Waals surface area contributed by atoms with Gasteiger partial charge in [0.25, 0.3) is 15.9 Å². The second-order valence-electron chi connectivity index (χ2n) is 7.06. The Morgan fingerprint density at radius 2 is 1.79 bits per heavy atom. The van der Waals surface area contributed by atoms with E-state index < -0.39 is 15.9 Å². The highest BCUT2D eigenvalue weighted by molar-refractivity contribution is 7.97. The van der Waals surface area contributed by atoms with Crippen molar-refractivity contribution in [3.8, 4) is 17.2 Å². The molecule has 1 N–H and O–H groups in total. The molecule has 0 spiro atoms. The van der Waals surface area contributed by atoms with E-state index in [-0.39, 0.29) is 24.6 Å². The Balaban J connectivity index is 1.89. The molecule has 1 aliphatic rings. The average molecular weight is 493 g/mol. The fraction of sp³-hybridized carbons (Fsp3) is 0.261. The van der Waals surface area contributed by atoms with Crippen LogP contribution in [0.2, 0.25) is 5.02 Å². The summed E-state index contributed by atoms with van der Waals surface area (Å²) in [5, 5.41) is 3.21. The molecule has 0 bridgehead atoms. The molecular formula is C23H25ClN2O6S. The van der Waals surface area contributed by atoms with Crippen LogP contribution in [0.3, 0.4) is 0 Å². The third kappa shape index (κ3) is 4.94. The average Bonchev–Trinajstić information content (AvgIpc) is 2.79. The van der Waals surface area contributed by atoms with E-state index in [1.165, 1.54) is 20.3 Å². The number of fused-ring (bicyclic) bond motifs is 1. The summed E-state index contributed by atoms with van der Waals surface area (Å²) in [5.74, 6) is 0.660. The van der Waals surface area contributed by atoms with E-state index in [9.17, 15) is 13.2 Å². The van der Waals surface area contributed by atoms with Gasteiger partial charge in [0.2, 0.25) is 0 Å². The molecule has 0 aliphatic carbocycles. The number of benzene rings is 2. The van der Waals surface area contributed by atoms with Crippen LogP contribution in [0.15, 0.2) is 54.0 Å². The summed E-state index contributed by atoms with van der Waals surface area (Å²) in [7, 11) is -1.20. The minimum Gasteiger partial charge on any atom is -0.493 e. The Morgan fingerprint density at radius 3 is 2.39 bits per heavy atom. The lowest BCUT2D eigenvalue weighted by Crippen LogP contribution is -2.42. The van der Waals surface area contributed by atoms with Crippen LogP contribution in [0.25, 0.3) is 5.57 Å². The zero-order chi connectivity index (χ0) is 24.2. The summed E-state index contributed by atoms with van der Waals surface area (Å²) in [6.45, 7) is 5.48. The van der Waals surface area contributed by atoms with Gasteiger partial charge in [-0.05, 0) is 42.8 Å². The number of rotatable bonds is 9. The van der Waals surface area contributed by atoms with Gasteiger partial charge in [-0.15, -0.1) is 6.58 Å². The van der Waals surface area contributed by atoms with Crippen LogP contribution in [0.5, 0.6) is 17.2 Å². The highest BCUT2D eigenvalue weighted by Crippen LogP contribution is 2.44. The van der Waals surface area contributed by atoms with E-state index in [0.29, 0.717) is 39.1 Å². The van der Waals surface area contributed by atoms with Crippen molar-refractivity contribution in [2.24, 2.45) is 0 Å². The normalized spacial score (nSPS) is 14.4. The van der Waals surface area contributed by atoms with Crippen LogP contribution < -0.4 is 23.8 Å². The number of allylic oxidation sites excluding steroid dienone is 1. The molecule has 0 aromatic heterocycles. The fourth-order valence-corrected chi connectivity index (χ4v) is 5.34. The SMILES string of the molecule is C=CCN1c2cc(OC)c(OC)cc2C(C)=C(C(=O)NCCOc2ccc(Cl)cc2)S1(=O)=O. The summed E-state index contributed by atoms with van der Waals surface area (Å²) < 4.78 is 44.2. The van der Waals surface area contributed by atoms with Gasteiger partial charge in [0.15, 0.2) is 16.4 Å². The maximum atomic E-state index is 13.4. The van der Waals surface area contributed by atoms with Crippen molar-refractivity contribution in [1.29, 1.82) is 0 Å². The Hall–Kier alpha value is -3.17. The van der Waals surface area contributed by atoms with Crippen molar-refractivity contribution in [3.05, 3.63) is 64.5 Å². The Labute approximate surface area is 198 Å². The number of carbonyl (C=O) groups is 1. The molecule has 0 saturated carbocycles. The summed E-state index contributed by atoms with van der Waals surface area (Å²) in [6, 6.07) is 10.0. The quantitative estimate of drug-likeness (QED) is 0.424. The molecule has 2 aromatic carbocycles. The van der Waals surface area contributed by atoms with E-state index in [0.717, 1.165) is 4.31 Å². The van der Waals surface area contributed by atoms with Gasteiger partial charge >= 0.3 is 0 Å². The van der Waals surface area contributed by atoms with E-state index >= 15 is 0 Å². The van der Waals surface area contributed by atoms with Gasteiger partial charge in [-0.1, -0.05) is 17.7 Å². The Bertz CT molecular complexity index is 1190. The monoisotopic (exact) mass is 492 g/mol. The predicted molar refractivity (Wildman–Crippen MR) is 129 cm³/mol. The zero-order valence-electron chi connectivity index (χ0n) is 18.6. The number of nitrogens with zero attached hydrogens (tertiary/aromatic N) is 1. The maximum absolute atomic E-state index is 13.4. The number of halogens is 1. The first-order chi connectivity index (χ1) is 15.7. The summed E-state index contributed by atoms with van der Waals surface area (Å²) in [5.41, 5.74) is 1.24. The highest BCUT2D eigenvalue weighted by atomic mass is 35.5. The molecule has 1 aliphatic heterocycles. The summed E-state index contributed by atoms with van der Waals surface area (Å²) in [4.78, 5) is 12.7. The molecule has 10 heteroatoms. The number of hydrogen-bond donors (Lipinski definition) is 1. The second-order valence-corrected chi connectivity index (χ2v) is 9.30. The highest BCUT2D eigenvalue weighted by Gasteiger charge is 2.39. The molecule has 0 unspecified atom stereocenters. The molecule has 176 valence electrons. The molecule has 0 fully saturated rings. The molecular weight excluding hydrogens is 468 g/mol. The van der Waals surface area contributed by atoms with Crippen LogP contribution in [-0.2, 0) is 14.8 Å². The van der Waals surface area contributed by atoms with E-state index in [2.05, 4.69) is 11.9 Å². The van der Waals surface area contributed by atoms with Crippen LogP contribution in [0.4, 0.5) is 5.69 Å². The lowest BCUT2D eigenvalue weighted by Gasteiger charge is -2.32. The van der Waals surface area contributed by atoms with E-state index in [1.807, 2.05) is 0 Å². The van der Waals surface area contributed by atoms with Crippen molar-refractivity contribution in [2.45, 2.75) is 6.92 Å². The predicted octanol–water partition coefficient (Wildman–Crippen LogP) is 3.62. The first kappa shape index (κ1) is 24.5. The van der Waals surface area contributed by atoms with Crippen molar-refractivity contribution < 1.29 is 27.4 Å². The number of methoxy groups -OCH3 is 2. The van der Waals surface area contributed by atoms with Crippen molar-refractivity contribution in [1.82, 2.24) is 5.32 Å². The van der Waals surface area contributed by atoms with E-state index in [1.54, 1.807) is 43.3 Å². The van der Waals surface area contributed by atoms with Crippen molar-refractivity contribution in [3.63, 3.8) is 0 Å². The second kappa shape index (κ2) is 10.2. The van der Waals surface area contributed by atoms with Gasteiger partial charge in [-0.25, -0.2) is 8.42 Å². The fourth-order valence-electron chi connectivity index (χ4n) is 3.48.